The number of aromatic nitrogens is 2. The summed E-state index contributed by atoms with van der Waals surface area (Å²) < 4.78 is 42.0. The van der Waals surface area contributed by atoms with Crippen LogP contribution in [0.2, 0.25) is 0 Å². The number of nitrogen functional groups attached to an aromatic ring is 1. The Labute approximate surface area is 113 Å². The first-order valence-corrected chi connectivity index (χ1v) is 5.68. The Morgan fingerprint density at radius 3 is 2.80 bits per heavy atom. The maximum atomic E-state index is 12.2. The zero-order chi connectivity index (χ0) is 14.8. The molecule has 1 aromatic carbocycles. The Bertz CT molecular complexity index is 620. The average Bonchev–Trinajstić information content (AvgIpc) is 2.70. The number of nitrogens with zero attached hydrogens (tertiary/aromatic N) is 2. The number of benzene rings is 1. The minimum Gasteiger partial charge on any atom is -0.406 e. The van der Waals surface area contributed by atoms with Crippen molar-refractivity contribution in [3.63, 3.8) is 0 Å². The number of rotatable bonds is 4. The number of allylic oxidation sites excluding steroid dienone is 1. The largest absolute Gasteiger partial charge is 0.573 e. The van der Waals surface area contributed by atoms with Crippen molar-refractivity contribution in [3.8, 4) is 17.0 Å². The number of nitrogens with two attached hydrogens (primary N) is 1. The van der Waals surface area contributed by atoms with Crippen molar-refractivity contribution in [2.24, 2.45) is 0 Å². The highest BCUT2D eigenvalue weighted by molar-refractivity contribution is 5.71. The molecule has 2 N–H and O–H groups in total. The van der Waals surface area contributed by atoms with E-state index in [-0.39, 0.29) is 5.75 Å². The van der Waals surface area contributed by atoms with Crippen LogP contribution in [-0.4, -0.2) is 15.9 Å². The molecule has 0 spiro atoms. The maximum absolute atomic E-state index is 12.2. The second-order valence-corrected chi connectivity index (χ2v) is 4.00. The Kier molecular flexibility index (Phi) is 3.69. The molecule has 0 aliphatic carbocycles. The van der Waals surface area contributed by atoms with Gasteiger partial charge in [-0.2, -0.15) is 0 Å². The molecule has 0 fully saturated rings. The number of hydrogen-bond acceptors (Lipinski definition) is 3. The Hall–Kier alpha value is -2.44. The number of anilines is 1. The van der Waals surface area contributed by atoms with Crippen LogP contribution in [0.3, 0.4) is 0 Å². The third-order valence-electron chi connectivity index (χ3n) is 2.55. The minimum atomic E-state index is -4.73. The van der Waals surface area contributed by atoms with Crippen LogP contribution in [0.5, 0.6) is 5.75 Å². The zero-order valence-electron chi connectivity index (χ0n) is 10.4. The van der Waals surface area contributed by atoms with E-state index in [0.29, 0.717) is 23.6 Å². The van der Waals surface area contributed by atoms with Crippen LogP contribution in [0.4, 0.5) is 19.0 Å². The molecule has 2 aromatic rings. The highest BCUT2D eigenvalue weighted by Crippen LogP contribution is 2.29. The lowest BCUT2D eigenvalue weighted by Gasteiger charge is -2.09. The molecule has 106 valence electrons. The van der Waals surface area contributed by atoms with E-state index in [1.165, 1.54) is 24.5 Å². The Morgan fingerprint density at radius 1 is 1.40 bits per heavy atom. The molecule has 0 radical (unpaired) electrons. The molecule has 20 heavy (non-hydrogen) atoms. The van der Waals surface area contributed by atoms with E-state index < -0.39 is 6.36 Å². The smallest absolute Gasteiger partial charge is 0.406 e. The zero-order valence-corrected chi connectivity index (χ0v) is 10.4. The van der Waals surface area contributed by atoms with Gasteiger partial charge < -0.3 is 15.0 Å². The number of halogens is 3. The van der Waals surface area contributed by atoms with Gasteiger partial charge >= 0.3 is 6.36 Å². The third kappa shape index (κ3) is 3.11. The van der Waals surface area contributed by atoms with Crippen LogP contribution in [0.1, 0.15) is 0 Å². The van der Waals surface area contributed by atoms with Crippen molar-refractivity contribution in [1.29, 1.82) is 0 Å². The molecule has 0 amide bonds. The van der Waals surface area contributed by atoms with Gasteiger partial charge in [-0.25, -0.2) is 4.98 Å². The van der Waals surface area contributed by atoms with Crippen molar-refractivity contribution in [1.82, 2.24) is 9.55 Å². The number of alkyl halides is 3. The molecule has 0 bridgehead atoms. The van der Waals surface area contributed by atoms with Crippen LogP contribution in [0.15, 0.2) is 43.2 Å². The summed E-state index contributed by atoms with van der Waals surface area (Å²) >= 11 is 0. The molecule has 1 aromatic heterocycles. The maximum Gasteiger partial charge on any atom is 0.573 e. The average molecular weight is 283 g/mol. The quantitative estimate of drug-likeness (QED) is 0.876. The van der Waals surface area contributed by atoms with E-state index in [0.717, 1.165) is 0 Å². The van der Waals surface area contributed by atoms with Gasteiger partial charge in [-0.15, -0.1) is 19.8 Å². The summed E-state index contributed by atoms with van der Waals surface area (Å²) in [6, 6.07) is 5.51. The summed E-state index contributed by atoms with van der Waals surface area (Å²) in [5.41, 5.74) is 6.74. The van der Waals surface area contributed by atoms with Gasteiger partial charge in [0.1, 0.15) is 17.3 Å². The van der Waals surface area contributed by atoms with Crippen molar-refractivity contribution >= 4 is 5.82 Å². The molecule has 0 unspecified atom stereocenters. The minimum absolute atomic E-state index is 0.312. The van der Waals surface area contributed by atoms with E-state index in [4.69, 9.17) is 5.73 Å². The first kappa shape index (κ1) is 14.0. The summed E-state index contributed by atoms with van der Waals surface area (Å²) in [5, 5.41) is 0. The lowest BCUT2D eigenvalue weighted by molar-refractivity contribution is -0.274. The molecule has 1 heterocycles. The molecule has 0 saturated carbocycles. The fraction of sp³-hybridized carbons (Fsp3) is 0.154. The van der Waals surface area contributed by atoms with Gasteiger partial charge in [0.05, 0.1) is 6.33 Å². The first-order valence-electron chi connectivity index (χ1n) is 5.68. The normalized spacial score (nSPS) is 11.3. The molecule has 0 aliphatic heterocycles. The number of imidazole rings is 1. The molecule has 7 heteroatoms. The monoisotopic (exact) mass is 283 g/mol. The van der Waals surface area contributed by atoms with Gasteiger partial charge in [0.25, 0.3) is 0 Å². The highest BCUT2D eigenvalue weighted by Gasteiger charge is 2.31. The fourth-order valence-electron chi connectivity index (χ4n) is 1.74. The van der Waals surface area contributed by atoms with Gasteiger partial charge in [-0.1, -0.05) is 18.2 Å². The van der Waals surface area contributed by atoms with Gasteiger partial charge in [-0.05, 0) is 12.1 Å². The second-order valence-electron chi connectivity index (χ2n) is 4.00. The summed E-state index contributed by atoms with van der Waals surface area (Å²) in [4.78, 5) is 4.10. The predicted octanol–water partition coefficient (Wildman–Crippen LogP) is 3.22. The summed E-state index contributed by atoms with van der Waals surface area (Å²) in [7, 11) is 0. The summed E-state index contributed by atoms with van der Waals surface area (Å²) in [5.74, 6) is 0.0433. The first-order chi connectivity index (χ1) is 9.40. The van der Waals surface area contributed by atoms with Crippen LogP contribution in [-0.2, 0) is 6.54 Å². The third-order valence-corrected chi connectivity index (χ3v) is 2.55. The van der Waals surface area contributed by atoms with Crippen LogP contribution >= 0.6 is 0 Å². The van der Waals surface area contributed by atoms with E-state index in [1.54, 1.807) is 16.7 Å². The Morgan fingerprint density at radius 2 is 2.15 bits per heavy atom. The summed E-state index contributed by atoms with van der Waals surface area (Å²) in [6.07, 6.45) is -1.58. The molecule has 4 nitrogen and oxygen atoms in total. The van der Waals surface area contributed by atoms with E-state index in [2.05, 4.69) is 16.3 Å². The van der Waals surface area contributed by atoms with Crippen LogP contribution in [0.25, 0.3) is 11.3 Å². The topological polar surface area (TPSA) is 53.1 Å². The highest BCUT2D eigenvalue weighted by atomic mass is 19.4. The number of ether oxygens (including phenoxy) is 1. The van der Waals surface area contributed by atoms with E-state index in [1.807, 2.05) is 0 Å². The van der Waals surface area contributed by atoms with Gasteiger partial charge in [0, 0.05) is 12.1 Å². The van der Waals surface area contributed by atoms with Crippen LogP contribution in [0, 0.1) is 0 Å². The SMILES string of the molecule is C=CCn1cnc(-c2cccc(OC(F)(F)F)c2)c1N. The van der Waals surface area contributed by atoms with E-state index >= 15 is 0 Å². The molecule has 0 aliphatic rings. The van der Waals surface area contributed by atoms with Gasteiger partial charge in [0.2, 0.25) is 0 Å². The molecular weight excluding hydrogens is 271 g/mol. The van der Waals surface area contributed by atoms with E-state index in [9.17, 15) is 13.2 Å². The fourth-order valence-corrected chi connectivity index (χ4v) is 1.74. The standard InChI is InChI=1S/C13H12F3N3O/c1-2-6-19-8-18-11(12(19)17)9-4-3-5-10(7-9)20-13(14,15)16/h2-5,7-8H,1,6,17H2. The number of hydrogen-bond donors (Lipinski definition) is 1. The summed E-state index contributed by atoms with van der Waals surface area (Å²) in [6.45, 7) is 4.05. The van der Waals surface area contributed by atoms with Crippen molar-refractivity contribution in [2.45, 2.75) is 12.9 Å². The lowest BCUT2D eigenvalue weighted by Crippen LogP contribution is -2.17. The van der Waals surface area contributed by atoms with Crippen molar-refractivity contribution < 1.29 is 17.9 Å². The Balaban J connectivity index is 2.33. The van der Waals surface area contributed by atoms with Crippen LogP contribution < -0.4 is 10.5 Å². The molecular formula is C13H12F3N3O. The van der Waals surface area contributed by atoms with Gasteiger partial charge in [-0.3, -0.25) is 0 Å². The van der Waals surface area contributed by atoms with Crippen molar-refractivity contribution in [2.75, 3.05) is 5.73 Å². The molecule has 0 saturated heterocycles. The van der Waals surface area contributed by atoms with Crippen molar-refractivity contribution in [3.05, 3.63) is 43.2 Å². The molecule has 2 rings (SSSR count). The predicted molar refractivity (Wildman–Crippen MR) is 69.0 cm³/mol. The van der Waals surface area contributed by atoms with Gasteiger partial charge in [0.15, 0.2) is 0 Å². The second kappa shape index (κ2) is 5.28. The molecule has 0 atom stereocenters. The lowest BCUT2D eigenvalue weighted by atomic mass is 10.1.